The molecule has 1 unspecified atom stereocenters. The van der Waals surface area contributed by atoms with Gasteiger partial charge in [0.1, 0.15) is 0 Å². The molecule has 0 saturated heterocycles. The first-order chi connectivity index (χ1) is 7.77. The number of nitrogens with one attached hydrogen (secondary N) is 1. The number of nitrogens with two attached hydrogens (primary N) is 1. The van der Waals surface area contributed by atoms with Crippen LogP contribution in [0.4, 0.5) is 0 Å². The van der Waals surface area contributed by atoms with E-state index in [1.165, 1.54) is 12.4 Å². The van der Waals surface area contributed by atoms with Gasteiger partial charge in [0.2, 0.25) is 0 Å². The van der Waals surface area contributed by atoms with Crippen molar-refractivity contribution >= 4 is 5.91 Å². The van der Waals surface area contributed by atoms with Crippen molar-refractivity contribution in [1.29, 1.82) is 0 Å². The van der Waals surface area contributed by atoms with Gasteiger partial charge in [-0.25, -0.2) is 0 Å². The molecule has 0 aromatic carbocycles. The molecule has 1 amide bonds. The van der Waals surface area contributed by atoms with Gasteiger partial charge in [-0.15, -0.1) is 0 Å². The van der Waals surface area contributed by atoms with Crippen LogP contribution in [0.5, 0.6) is 0 Å². The van der Waals surface area contributed by atoms with Gasteiger partial charge in [-0.1, -0.05) is 19.8 Å². The highest BCUT2D eigenvalue weighted by Gasteiger charge is 2.11. The molecule has 0 aliphatic heterocycles. The van der Waals surface area contributed by atoms with E-state index in [2.05, 4.69) is 22.4 Å². The first kappa shape index (κ1) is 12.6. The van der Waals surface area contributed by atoms with Gasteiger partial charge >= 0.3 is 0 Å². The molecule has 1 heterocycles. The second-order valence-electron chi connectivity index (χ2n) is 3.68. The summed E-state index contributed by atoms with van der Waals surface area (Å²) >= 11 is 0. The number of amides is 1. The molecule has 0 bridgehead atoms. The van der Waals surface area contributed by atoms with Crippen molar-refractivity contribution in [2.24, 2.45) is 5.73 Å². The Morgan fingerprint density at radius 2 is 2.38 bits per heavy atom. The molecule has 0 spiro atoms. The standard InChI is InChI=1S/C11H18N4O/c1-2-3-4-10(7-12)15-11(16)9-5-6-13-14-8-9/h5-6,8,10H,2-4,7,12H2,1H3,(H,15,16). The maximum Gasteiger partial charge on any atom is 0.253 e. The number of unbranched alkanes of at least 4 members (excludes halogenated alkanes) is 1. The largest absolute Gasteiger partial charge is 0.348 e. The number of aromatic nitrogens is 2. The van der Waals surface area contributed by atoms with Gasteiger partial charge in [0, 0.05) is 12.6 Å². The fraction of sp³-hybridized carbons (Fsp3) is 0.545. The minimum Gasteiger partial charge on any atom is -0.348 e. The zero-order chi connectivity index (χ0) is 11.8. The molecule has 0 aliphatic carbocycles. The number of nitrogens with zero attached hydrogens (tertiary/aromatic N) is 2. The molecular weight excluding hydrogens is 204 g/mol. The third-order valence-corrected chi connectivity index (χ3v) is 2.37. The van der Waals surface area contributed by atoms with Gasteiger partial charge in [-0.3, -0.25) is 4.79 Å². The van der Waals surface area contributed by atoms with E-state index in [4.69, 9.17) is 5.73 Å². The Morgan fingerprint density at radius 1 is 1.56 bits per heavy atom. The van der Waals surface area contributed by atoms with Crippen LogP contribution in [0.2, 0.25) is 0 Å². The van der Waals surface area contributed by atoms with Crippen LogP contribution in [0.25, 0.3) is 0 Å². The molecular formula is C11H18N4O. The Bertz CT molecular complexity index is 315. The van der Waals surface area contributed by atoms with Crippen molar-refractivity contribution in [2.75, 3.05) is 6.54 Å². The lowest BCUT2D eigenvalue weighted by atomic mass is 10.1. The van der Waals surface area contributed by atoms with Crippen LogP contribution < -0.4 is 11.1 Å². The van der Waals surface area contributed by atoms with Gasteiger partial charge < -0.3 is 11.1 Å². The van der Waals surface area contributed by atoms with Gasteiger partial charge in [0.15, 0.2) is 0 Å². The highest BCUT2D eigenvalue weighted by Crippen LogP contribution is 2.01. The Kier molecular flexibility index (Phi) is 5.42. The molecule has 1 aromatic rings. The van der Waals surface area contributed by atoms with Crippen LogP contribution >= 0.6 is 0 Å². The van der Waals surface area contributed by atoms with Crippen LogP contribution in [0, 0.1) is 0 Å². The number of carbonyl (C=O) groups excluding carboxylic acids is 1. The fourth-order valence-electron chi connectivity index (χ4n) is 1.39. The average Bonchev–Trinajstić information content (AvgIpc) is 2.35. The van der Waals surface area contributed by atoms with Gasteiger partial charge in [0.25, 0.3) is 5.91 Å². The number of carbonyl (C=O) groups is 1. The minimum atomic E-state index is -0.138. The Hall–Kier alpha value is -1.49. The molecule has 16 heavy (non-hydrogen) atoms. The van der Waals surface area contributed by atoms with Crippen LogP contribution in [0.1, 0.15) is 36.5 Å². The summed E-state index contributed by atoms with van der Waals surface area (Å²) in [5.41, 5.74) is 6.12. The van der Waals surface area contributed by atoms with E-state index >= 15 is 0 Å². The third kappa shape index (κ3) is 3.94. The second-order valence-corrected chi connectivity index (χ2v) is 3.68. The summed E-state index contributed by atoms with van der Waals surface area (Å²) in [4.78, 5) is 11.7. The molecule has 1 atom stereocenters. The summed E-state index contributed by atoms with van der Waals surface area (Å²) in [6.07, 6.45) is 6.03. The van der Waals surface area contributed by atoms with Crippen LogP contribution in [-0.2, 0) is 0 Å². The Balaban J connectivity index is 2.49. The van der Waals surface area contributed by atoms with Crippen molar-refractivity contribution in [1.82, 2.24) is 15.5 Å². The van der Waals surface area contributed by atoms with Gasteiger partial charge in [-0.2, -0.15) is 10.2 Å². The summed E-state index contributed by atoms with van der Waals surface area (Å²) < 4.78 is 0. The molecule has 0 aliphatic rings. The molecule has 1 rings (SSSR count). The Labute approximate surface area is 95.4 Å². The summed E-state index contributed by atoms with van der Waals surface area (Å²) in [5, 5.41) is 10.2. The number of hydrogen-bond acceptors (Lipinski definition) is 4. The van der Waals surface area contributed by atoms with Crippen molar-refractivity contribution in [3.8, 4) is 0 Å². The minimum absolute atomic E-state index is 0.0422. The van der Waals surface area contributed by atoms with Crippen molar-refractivity contribution in [3.05, 3.63) is 24.0 Å². The lowest BCUT2D eigenvalue weighted by Crippen LogP contribution is -2.40. The first-order valence-corrected chi connectivity index (χ1v) is 5.55. The SMILES string of the molecule is CCCCC(CN)NC(=O)c1ccnnc1. The van der Waals surface area contributed by atoms with Crippen molar-refractivity contribution < 1.29 is 4.79 Å². The quantitative estimate of drug-likeness (QED) is 0.743. The number of rotatable bonds is 6. The van der Waals surface area contributed by atoms with E-state index in [0.29, 0.717) is 12.1 Å². The van der Waals surface area contributed by atoms with Crippen LogP contribution in [-0.4, -0.2) is 28.7 Å². The predicted molar refractivity (Wildman–Crippen MR) is 61.9 cm³/mol. The predicted octanol–water partition coefficient (Wildman–Crippen LogP) is 0.724. The van der Waals surface area contributed by atoms with E-state index < -0.39 is 0 Å². The highest BCUT2D eigenvalue weighted by molar-refractivity contribution is 5.93. The normalized spacial score (nSPS) is 12.1. The van der Waals surface area contributed by atoms with Crippen molar-refractivity contribution in [2.45, 2.75) is 32.2 Å². The molecule has 0 saturated carbocycles. The van der Waals surface area contributed by atoms with E-state index in [0.717, 1.165) is 19.3 Å². The second kappa shape index (κ2) is 6.90. The van der Waals surface area contributed by atoms with E-state index in [1.54, 1.807) is 6.07 Å². The van der Waals surface area contributed by atoms with Crippen LogP contribution in [0.15, 0.2) is 18.5 Å². The lowest BCUT2D eigenvalue weighted by molar-refractivity contribution is 0.0935. The smallest absolute Gasteiger partial charge is 0.253 e. The lowest BCUT2D eigenvalue weighted by Gasteiger charge is -2.16. The number of hydrogen-bond donors (Lipinski definition) is 2. The van der Waals surface area contributed by atoms with E-state index in [1.807, 2.05) is 0 Å². The topological polar surface area (TPSA) is 80.9 Å². The fourth-order valence-corrected chi connectivity index (χ4v) is 1.39. The van der Waals surface area contributed by atoms with Gasteiger partial charge in [-0.05, 0) is 12.5 Å². The maximum absolute atomic E-state index is 11.7. The highest BCUT2D eigenvalue weighted by atomic mass is 16.1. The summed E-state index contributed by atoms with van der Waals surface area (Å²) in [5.74, 6) is -0.138. The zero-order valence-corrected chi connectivity index (χ0v) is 9.52. The molecule has 5 nitrogen and oxygen atoms in total. The van der Waals surface area contributed by atoms with Crippen LogP contribution in [0.3, 0.4) is 0 Å². The maximum atomic E-state index is 11.7. The molecule has 3 N–H and O–H groups in total. The molecule has 1 aromatic heterocycles. The molecule has 5 heteroatoms. The van der Waals surface area contributed by atoms with E-state index in [9.17, 15) is 4.79 Å². The zero-order valence-electron chi connectivity index (χ0n) is 9.52. The van der Waals surface area contributed by atoms with E-state index in [-0.39, 0.29) is 11.9 Å². The summed E-state index contributed by atoms with van der Waals surface area (Å²) in [6.45, 7) is 2.58. The van der Waals surface area contributed by atoms with Gasteiger partial charge in [0.05, 0.1) is 18.0 Å². The summed E-state index contributed by atoms with van der Waals surface area (Å²) in [7, 11) is 0. The first-order valence-electron chi connectivity index (χ1n) is 5.55. The monoisotopic (exact) mass is 222 g/mol. The van der Waals surface area contributed by atoms with Crippen molar-refractivity contribution in [3.63, 3.8) is 0 Å². The molecule has 88 valence electrons. The average molecular weight is 222 g/mol. The Morgan fingerprint density at radius 3 is 2.94 bits per heavy atom. The molecule has 0 radical (unpaired) electrons. The molecule has 0 fully saturated rings. The third-order valence-electron chi connectivity index (χ3n) is 2.37. The summed E-state index contributed by atoms with van der Waals surface area (Å²) in [6, 6.07) is 1.68.